The van der Waals surface area contributed by atoms with Crippen molar-refractivity contribution in [3.63, 3.8) is 0 Å². The van der Waals surface area contributed by atoms with E-state index in [1.165, 1.54) is 24.6 Å². The van der Waals surface area contributed by atoms with Gasteiger partial charge in [-0.25, -0.2) is 13.4 Å². The molecule has 1 aromatic carbocycles. The quantitative estimate of drug-likeness (QED) is 0.826. The van der Waals surface area contributed by atoms with Gasteiger partial charge in [-0.3, -0.25) is 9.52 Å². The average Bonchev–Trinajstić information content (AvgIpc) is 3.23. The minimum atomic E-state index is -3.75. The number of anilines is 1. The molecule has 23 heavy (non-hydrogen) atoms. The number of amides is 1. The number of carbonyl (C=O) groups excluding carboxylic acids is 1. The van der Waals surface area contributed by atoms with Crippen molar-refractivity contribution in [3.05, 3.63) is 35.3 Å². The van der Waals surface area contributed by atoms with E-state index in [1.54, 1.807) is 12.1 Å². The Kier molecular flexibility index (Phi) is 4.22. The Morgan fingerprint density at radius 3 is 2.61 bits per heavy atom. The third-order valence-electron chi connectivity index (χ3n) is 3.24. The minimum absolute atomic E-state index is 0.0949. The van der Waals surface area contributed by atoms with Gasteiger partial charge in [0.2, 0.25) is 0 Å². The van der Waals surface area contributed by atoms with Gasteiger partial charge in [0.1, 0.15) is 11.4 Å². The zero-order valence-corrected chi connectivity index (χ0v) is 13.9. The van der Waals surface area contributed by atoms with Crippen LogP contribution in [0.4, 0.5) is 5.13 Å². The lowest BCUT2D eigenvalue weighted by Gasteiger charge is -2.06. The van der Waals surface area contributed by atoms with Crippen LogP contribution in [0.2, 0.25) is 0 Å². The van der Waals surface area contributed by atoms with Crippen LogP contribution in [-0.4, -0.2) is 32.5 Å². The van der Waals surface area contributed by atoms with Crippen LogP contribution in [0.25, 0.3) is 0 Å². The first-order chi connectivity index (χ1) is 11.0. The highest BCUT2D eigenvalue weighted by Crippen LogP contribution is 2.23. The Hall–Kier alpha value is -2.13. The van der Waals surface area contributed by atoms with Crippen molar-refractivity contribution < 1.29 is 17.9 Å². The number of nitrogens with zero attached hydrogens (tertiary/aromatic N) is 1. The number of carbonyl (C=O) groups is 1. The molecule has 9 heteroatoms. The summed E-state index contributed by atoms with van der Waals surface area (Å²) in [7, 11) is -2.25. The van der Waals surface area contributed by atoms with Gasteiger partial charge in [-0.2, -0.15) is 0 Å². The van der Waals surface area contributed by atoms with Crippen molar-refractivity contribution >= 4 is 32.4 Å². The summed E-state index contributed by atoms with van der Waals surface area (Å²) in [6.45, 7) is 0. The first-order valence-corrected chi connectivity index (χ1v) is 9.27. The third-order valence-corrected chi connectivity index (χ3v) is 5.48. The fourth-order valence-electron chi connectivity index (χ4n) is 1.84. The number of thiazole rings is 1. The molecule has 0 radical (unpaired) electrons. The molecule has 2 N–H and O–H groups in total. The maximum atomic E-state index is 12.3. The number of hydrogen-bond acceptors (Lipinski definition) is 6. The molecule has 1 aliphatic carbocycles. The molecule has 0 atom stereocenters. The number of methoxy groups -OCH3 is 1. The van der Waals surface area contributed by atoms with Gasteiger partial charge in [-0.1, -0.05) is 0 Å². The number of aromatic nitrogens is 1. The normalized spacial score (nSPS) is 14.3. The second-order valence-electron chi connectivity index (χ2n) is 5.07. The SMILES string of the molecule is COc1ccc(S(=O)(=O)Nc2nc(C(=O)NC3CC3)cs2)cc1. The molecule has 122 valence electrons. The van der Waals surface area contributed by atoms with Crippen molar-refractivity contribution in [2.75, 3.05) is 11.8 Å². The number of benzene rings is 1. The molecule has 3 rings (SSSR count). The molecule has 1 fully saturated rings. The summed E-state index contributed by atoms with van der Waals surface area (Å²) in [5.41, 5.74) is 0.217. The van der Waals surface area contributed by atoms with Crippen molar-refractivity contribution in [2.45, 2.75) is 23.8 Å². The van der Waals surface area contributed by atoms with E-state index in [0.29, 0.717) is 5.75 Å². The minimum Gasteiger partial charge on any atom is -0.497 e. The summed E-state index contributed by atoms with van der Waals surface area (Å²) in [5, 5.41) is 4.49. The predicted molar refractivity (Wildman–Crippen MR) is 86.4 cm³/mol. The topological polar surface area (TPSA) is 97.4 Å². The molecule has 2 aromatic rings. The Balaban J connectivity index is 1.72. The van der Waals surface area contributed by atoms with E-state index in [-0.39, 0.29) is 27.7 Å². The summed E-state index contributed by atoms with van der Waals surface area (Å²) in [5.74, 6) is 0.288. The van der Waals surface area contributed by atoms with Crippen LogP contribution in [0.5, 0.6) is 5.75 Å². The first kappa shape index (κ1) is 15.8. The van der Waals surface area contributed by atoms with E-state index < -0.39 is 10.0 Å². The van der Waals surface area contributed by atoms with E-state index in [1.807, 2.05) is 0 Å². The Labute approximate surface area is 137 Å². The maximum absolute atomic E-state index is 12.3. The van der Waals surface area contributed by atoms with E-state index >= 15 is 0 Å². The van der Waals surface area contributed by atoms with Crippen LogP contribution in [-0.2, 0) is 10.0 Å². The highest BCUT2D eigenvalue weighted by molar-refractivity contribution is 7.93. The summed E-state index contributed by atoms with van der Waals surface area (Å²) in [4.78, 5) is 16.0. The molecule has 1 heterocycles. The standard InChI is InChI=1S/C14H15N3O4S2/c1-21-10-4-6-11(7-5-10)23(19,20)17-14-16-12(8-22-14)13(18)15-9-2-3-9/h4-9H,2-3H2,1H3,(H,15,18)(H,16,17). The molecule has 7 nitrogen and oxygen atoms in total. The highest BCUT2D eigenvalue weighted by atomic mass is 32.2. The highest BCUT2D eigenvalue weighted by Gasteiger charge is 2.25. The summed E-state index contributed by atoms with van der Waals surface area (Å²) in [6.07, 6.45) is 1.96. The second kappa shape index (κ2) is 6.17. The number of nitrogens with one attached hydrogen (secondary N) is 2. The Morgan fingerprint density at radius 2 is 2.00 bits per heavy atom. The molecule has 0 bridgehead atoms. The van der Waals surface area contributed by atoms with Gasteiger partial charge >= 0.3 is 0 Å². The van der Waals surface area contributed by atoms with Crippen molar-refractivity contribution in [3.8, 4) is 5.75 Å². The van der Waals surface area contributed by atoms with Crippen molar-refractivity contribution in [1.29, 1.82) is 0 Å². The molecular formula is C14H15N3O4S2. The smallest absolute Gasteiger partial charge is 0.271 e. The lowest BCUT2D eigenvalue weighted by molar-refractivity contribution is 0.0947. The largest absolute Gasteiger partial charge is 0.497 e. The van der Waals surface area contributed by atoms with Crippen molar-refractivity contribution in [2.24, 2.45) is 0 Å². The van der Waals surface area contributed by atoms with Gasteiger partial charge in [0.15, 0.2) is 5.13 Å². The summed E-state index contributed by atoms with van der Waals surface area (Å²) < 4.78 is 31.9. The molecule has 0 unspecified atom stereocenters. The van der Waals surface area contributed by atoms with Gasteiger partial charge in [0, 0.05) is 11.4 Å². The van der Waals surface area contributed by atoms with Crippen LogP contribution < -0.4 is 14.8 Å². The fraction of sp³-hybridized carbons (Fsp3) is 0.286. The fourth-order valence-corrected chi connectivity index (χ4v) is 3.78. The van der Waals surface area contributed by atoms with E-state index in [0.717, 1.165) is 24.2 Å². The monoisotopic (exact) mass is 353 g/mol. The number of sulfonamides is 1. The average molecular weight is 353 g/mol. The lowest BCUT2D eigenvalue weighted by atomic mass is 10.3. The van der Waals surface area contributed by atoms with Crippen LogP contribution in [0, 0.1) is 0 Å². The van der Waals surface area contributed by atoms with E-state index in [9.17, 15) is 13.2 Å². The zero-order valence-electron chi connectivity index (χ0n) is 12.3. The third kappa shape index (κ3) is 3.80. The molecule has 1 aromatic heterocycles. The number of hydrogen-bond donors (Lipinski definition) is 2. The maximum Gasteiger partial charge on any atom is 0.271 e. The molecule has 0 spiro atoms. The zero-order chi connectivity index (χ0) is 16.4. The van der Waals surface area contributed by atoms with Gasteiger partial charge < -0.3 is 10.1 Å². The molecule has 1 saturated carbocycles. The van der Waals surface area contributed by atoms with Gasteiger partial charge in [0.05, 0.1) is 12.0 Å². The number of rotatable bonds is 6. The number of ether oxygens (including phenoxy) is 1. The van der Waals surface area contributed by atoms with Gasteiger partial charge in [0.25, 0.3) is 15.9 Å². The summed E-state index contributed by atoms with van der Waals surface area (Å²) in [6, 6.07) is 6.23. The molecule has 0 aliphatic heterocycles. The summed E-state index contributed by atoms with van der Waals surface area (Å²) >= 11 is 1.07. The van der Waals surface area contributed by atoms with Crippen LogP contribution in [0.3, 0.4) is 0 Å². The molecule has 1 amide bonds. The van der Waals surface area contributed by atoms with Crippen LogP contribution >= 0.6 is 11.3 Å². The molecule has 0 saturated heterocycles. The van der Waals surface area contributed by atoms with E-state index in [2.05, 4.69) is 15.0 Å². The molecular weight excluding hydrogens is 338 g/mol. The first-order valence-electron chi connectivity index (χ1n) is 6.91. The van der Waals surface area contributed by atoms with E-state index in [4.69, 9.17) is 4.74 Å². The van der Waals surface area contributed by atoms with Crippen molar-refractivity contribution in [1.82, 2.24) is 10.3 Å². The van der Waals surface area contributed by atoms with Crippen LogP contribution in [0.15, 0.2) is 34.5 Å². The van der Waals surface area contributed by atoms with Gasteiger partial charge in [-0.05, 0) is 37.1 Å². The Morgan fingerprint density at radius 1 is 1.30 bits per heavy atom. The second-order valence-corrected chi connectivity index (χ2v) is 7.61. The Bertz CT molecular complexity index is 811. The van der Waals surface area contributed by atoms with Crippen LogP contribution in [0.1, 0.15) is 23.3 Å². The van der Waals surface area contributed by atoms with Gasteiger partial charge in [-0.15, -0.1) is 11.3 Å². The lowest BCUT2D eigenvalue weighted by Crippen LogP contribution is -2.25. The molecule has 1 aliphatic rings. The predicted octanol–water partition coefficient (Wildman–Crippen LogP) is 1.84.